The molecule has 0 bridgehead atoms. The zero-order chi connectivity index (χ0) is 12.0. The molecule has 0 radical (unpaired) electrons. The van der Waals surface area contributed by atoms with Crippen molar-refractivity contribution < 1.29 is 14.7 Å². The molecule has 4 N–H and O–H groups in total. The summed E-state index contributed by atoms with van der Waals surface area (Å²) in [6.45, 7) is 5.53. The van der Waals surface area contributed by atoms with Crippen LogP contribution in [0.5, 0.6) is 0 Å². The van der Waals surface area contributed by atoms with E-state index in [9.17, 15) is 9.59 Å². The van der Waals surface area contributed by atoms with E-state index in [4.69, 9.17) is 10.8 Å². The number of nitrogens with one attached hydrogen (secondary N) is 1. The molecule has 0 aromatic carbocycles. The van der Waals surface area contributed by atoms with Crippen molar-refractivity contribution in [3.63, 3.8) is 0 Å². The van der Waals surface area contributed by atoms with E-state index in [1.165, 1.54) is 0 Å². The lowest BCUT2D eigenvalue weighted by Gasteiger charge is -2.17. The van der Waals surface area contributed by atoms with E-state index in [0.717, 1.165) is 0 Å². The summed E-state index contributed by atoms with van der Waals surface area (Å²) >= 11 is 0. The van der Waals surface area contributed by atoms with E-state index in [2.05, 4.69) is 5.32 Å². The zero-order valence-electron chi connectivity index (χ0n) is 9.49. The summed E-state index contributed by atoms with van der Waals surface area (Å²) in [5.41, 5.74) is 5.44. The second-order valence-corrected chi connectivity index (χ2v) is 4.27. The quantitative estimate of drug-likeness (QED) is 0.597. The zero-order valence-corrected chi connectivity index (χ0v) is 9.49. The predicted molar refractivity (Wildman–Crippen MR) is 57.3 cm³/mol. The second kappa shape index (κ2) is 6.40. The summed E-state index contributed by atoms with van der Waals surface area (Å²) in [6.07, 6.45) is 0.585. The van der Waals surface area contributed by atoms with Crippen LogP contribution in [-0.2, 0) is 9.59 Å². The van der Waals surface area contributed by atoms with E-state index in [0.29, 0.717) is 6.42 Å². The first kappa shape index (κ1) is 13.9. The van der Waals surface area contributed by atoms with Crippen LogP contribution in [0.4, 0.5) is 0 Å². The largest absolute Gasteiger partial charge is 0.480 e. The molecule has 0 aliphatic heterocycles. The number of aliphatic carboxylic acids is 1. The van der Waals surface area contributed by atoms with Crippen molar-refractivity contribution in [1.82, 2.24) is 5.32 Å². The molecule has 5 nitrogen and oxygen atoms in total. The fourth-order valence-electron chi connectivity index (χ4n) is 1.24. The maximum Gasteiger partial charge on any atom is 0.326 e. The van der Waals surface area contributed by atoms with Gasteiger partial charge in [-0.05, 0) is 19.3 Å². The highest BCUT2D eigenvalue weighted by Crippen LogP contribution is 2.05. The third-order valence-corrected chi connectivity index (χ3v) is 1.85. The van der Waals surface area contributed by atoms with Crippen molar-refractivity contribution in [2.24, 2.45) is 11.7 Å². The highest BCUT2D eigenvalue weighted by molar-refractivity contribution is 5.83. The standard InChI is InChI=1S/C10H20N2O3/c1-6(2)4-8(10(14)15)12-9(13)5-7(3)11/h6-8H,4-5,11H2,1-3H3,(H,12,13)(H,14,15)/t7?,8-/m0/s1. The summed E-state index contributed by atoms with van der Waals surface area (Å²) in [6, 6.07) is -1.06. The average Bonchev–Trinajstić information content (AvgIpc) is 1.99. The number of amides is 1. The van der Waals surface area contributed by atoms with Gasteiger partial charge < -0.3 is 16.2 Å². The molecular weight excluding hydrogens is 196 g/mol. The van der Waals surface area contributed by atoms with Gasteiger partial charge in [0.2, 0.25) is 5.91 Å². The van der Waals surface area contributed by atoms with Crippen molar-refractivity contribution in [2.45, 2.75) is 45.7 Å². The van der Waals surface area contributed by atoms with Crippen molar-refractivity contribution in [2.75, 3.05) is 0 Å². The Morgan fingerprint density at radius 1 is 1.33 bits per heavy atom. The Bertz CT molecular complexity index is 227. The molecule has 0 aliphatic carbocycles. The molecule has 0 aromatic heterocycles. The number of carbonyl (C=O) groups excluding carboxylic acids is 1. The fraction of sp³-hybridized carbons (Fsp3) is 0.800. The van der Waals surface area contributed by atoms with Gasteiger partial charge in [0.15, 0.2) is 0 Å². The number of carboxylic acid groups (broad SMARTS) is 1. The molecular formula is C10H20N2O3. The Kier molecular flexibility index (Phi) is 5.93. The molecule has 1 unspecified atom stereocenters. The van der Waals surface area contributed by atoms with Crippen molar-refractivity contribution in [3.8, 4) is 0 Å². The minimum atomic E-state index is -0.998. The first-order chi connectivity index (χ1) is 6.82. The average molecular weight is 216 g/mol. The van der Waals surface area contributed by atoms with Crippen LogP contribution in [0.25, 0.3) is 0 Å². The van der Waals surface area contributed by atoms with Gasteiger partial charge in [0.25, 0.3) is 0 Å². The molecule has 0 saturated heterocycles. The summed E-state index contributed by atoms with van der Waals surface area (Å²) in [7, 11) is 0. The Morgan fingerprint density at radius 3 is 2.20 bits per heavy atom. The minimum Gasteiger partial charge on any atom is -0.480 e. The van der Waals surface area contributed by atoms with Gasteiger partial charge in [-0.25, -0.2) is 4.79 Å². The molecule has 0 fully saturated rings. The maximum absolute atomic E-state index is 11.3. The minimum absolute atomic E-state index is 0.155. The fourth-order valence-corrected chi connectivity index (χ4v) is 1.24. The Balaban J connectivity index is 4.16. The number of hydrogen-bond acceptors (Lipinski definition) is 3. The molecule has 1 amide bonds. The summed E-state index contributed by atoms with van der Waals surface area (Å²) in [4.78, 5) is 22.1. The van der Waals surface area contributed by atoms with Gasteiger partial charge in [0.05, 0.1) is 0 Å². The first-order valence-electron chi connectivity index (χ1n) is 5.10. The van der Waals surface area contributed by atoms with Crippen molar-refractivity contribution in [1.29, 1.82) is 0 Å². The van der Waals surface area contributed by atoms with Crippen molar-refractivity contribution in [3.05, 3.63) is 0 Å². The third kappa shape index (κ3) is 6.90. The van der Waals surface area contributed by atoms with Crippen LogP contribution in [0.1, 0.15) is 33.6 Å². The topological polar surface area (TPSA) is 92.4 Å². The summed E-state index contributed by atoms with van der Waals surface area (Å²) < 4.78 is 0. The Hall–Kier alpha value is -1.10. The molecule has 0 saturated carbocycles. The number of nitrogens with two attached hydrogens (primary N) is 1. The van der Waals surface area contributed by atoms with Gasteiger partial charge in [0.1, 0.15) is 6.04 Å². The van der Waals surface area contributed by atoms with Crippen LogP contribution in [0.2, 0.25) is 0 Å². The van der Waals surface area contributed by atoms with E-state index in [-0.39, 0.29) is 24.3 Å². The van der Waals surface area contributed by atoms with Gasteiger partial charge >= 0.3 is 5.97 Å². The van der Waals surface area contributed by atoms with Crippen LogP contribution < -0.4 is 11.1 Å². The maximum atomic E-state index is 11.3. The molecule has 5 heteroatoms. The summed E-state index contributed by atoms with van der Waals surface area (Å²) in [5, 5.41) is 11.3. The van der Waals surface area contributed by atoms with E-state index in [1.807, 2.05) is 13.8 Å². The van der Waals surface area contributed by atoms with Crippen LogP contribution in [0.3, 0.4) is 0 Å². The summed E-state index contributed by atoms with van der Waals surface area (Å²) in [5.74, 6) is -1.08. The highest BCUT2D eigenvalue weighted by Gasteiger charge is 2.21. The first-order valence-corrected chi connectivity index (χ1v) is 5.10. The molecule has 88 valence electrons. The monoisotopic (exact) mass is 216 g/mol. The van der Waals surface area contributed by atoms with Gasteiger partial charge in [-0.3, -0.25) is 4.79 Å². The smallest absolute Gasteiger partial charge is 0.326 e. The number of rotatable bonds is 6. The SMILES string of the molecule is CC(C)C[C@H](NC(=O)CC(C)N)C(=O)O. The molecule has 0 rings (SSSR count). The number of carbonyl (C=O) groups is 2. The molecule has 0 aliphatic rings. The second-order valence-electron chi connectivity index (χ2n) is 4.27. The van der Waals surface area contributed by atoms with Crippen molar-refractivity contribution >= 4 is 11.9 Å². The molecule has 0 spiro atoms. The normalized spacial score (nSPS) is 14.7. The Labute approximate surface area is 90.0 Å². The van der Waals surface area contributed by atoms with Crippen LogP contribution >= 0.6 is 0 Å². The van der Waals surface area contributed by atoms with Gasteiger partial charge in [-0.2, -0.15) is 0 Å². The van der Waals surface area contributed by atoms with E-state index in [1.54, 1.807) is 6.92 Å². The number of hydrogen-bond donors (Lipinski definition) is 3. The lowest BCUT2D eigenvalue weighted by atomic mass is 10.0. The van der Waals surface area contributed by atoms with Gasteiger partial charge in [0, 0.05) is 12.5 Å². The molecule has 0 heterocycles. The van der Waals surface area contributed by atoms with Gasteiger partial charge in [-0.1, -0.05) is 13.8 Å². The third-order valence-electron chi connectivity index (χ3n) is 1.85. The van der Waals surface area contributed by atoms with Gasteiger partial charge in [-0.15, -0.1) is 0 Å². The lowest BCUT2D eigenvalue weighted by Crippen LogP contribution is -2.43. The lowest BCUT2D eigenvalue weighted by molar-refractivity contribution is -0.142. The number of carboxylic acids is 1. The van der Waals surface area contributed by atoms with E-state index < -0.39 is 12.0 Å². The molecule has 2 atom stereocenters. The highest BCUT2D eigenvalue weighted by atomic mass is 16.4. The molecule has 15 heavy (non-hydrogen) atoms. The van der Waals surface area contributed by atoms with Crippen LogP contribution in [-0.4, -0.2) is 29.1 Å². The van der Waals surface area contributed by atoms with E-state index >= 15 is 0 Å². The Morgan fingerprint density at radius 2 is 1.87 bits per heavy atom. The van der Waals surface area contributed by atoms with Crippen LogP contribution in [0, 0.1) is 5.92 Å². The van der Waals surface area contributed by atoms with Crippen LogP contribution in [0.15, 0.2) is 0 Å². The predicted octanol–water partition coefficient (Wildman–Crippen LogP) is 0.339. The molecule has 0 aromatic rings.